The van der Waals surface area contributed by atoms with Gasteiger partial charge in [-0.25, -0.2) is 9.29 Å². The topological polar surface area (TPSA) is 55.2 Å². The van der Waals surface area contributed by atoms with Crippen LogP contribution in [-0.4, -0.2) is 21.6 Å². The van der Waals surface area contributed by atoms with Crippen molar-refractivity contribution in [3.63, 3.8) is 0 Å². The number of imide groups is 1. The van der Waals surface area contributed by atoms with Crippen LogP contribution in [-0.2, 0) is 7.05 Å². The minimum Gasteiger partial charge on any atom is -0.268 e. The average molecular weight is 335 g/mol. The van der Waals surface area contributed by atoms with E-state index in [1.165, 1.54) is 16.8 Å². The van der Waals surface area contributed by atoms with Gasteiger partial charge in [-0.1, -0.05) is 12.1 Å². The molecule has 3 aromatic rings. The lowest BCUT2D eigenvalue weighted by Gasteiger charge is -2.15. The van der Waals surface area contributed by atoms with Gasteiger partial charge in [0.15, 0.2) is 0 Å². The molecule has 0 unspecified atom stereocenters. The number of aromatic nitrogens is 2. The molecule has 6 heteroatoms. The molecule has 2 amide bonds. The minimum absolute atomic E-state index is 0.335. The summed E-state index contributed by atoms with van der Waals surface area (Å²) in [5, 5.41) is 4.43. The summed E-state index contributed by atoms with van der Waals surface area (Å²) in [6.45, 7) is 1.80. The highest BCUT2D eigenvalue weighted by Crippen LogP contribution is 2.34. The Morgan fingerprint density at radius 3 is 2.04 bits per heavy atom. The Morgan fingerprint density at radius 1 is 0.920 bits per heavy atom. The normalized spacial score (nSPS) is 13.5. The van der Waals surface area contributed by atoms with E-state index in [9.17, 15) is 14.0 Å². The van der Waals surface area contributed by atoms with Crippen molar-refractivity contribution >= 4 is 17.6 Å². The molecule has 0 saturated heterocycles. The summed E-state index contributed by atoms with van der Waals surface area (Å²) < 4.78 is 14.7. The van der Waals surface area contributed by atoms with Gasteiger partial charge in [-0.2, -0.15) is 5.10 Å². The monoisotopic (exact) mass is 335 g/mol. The first kappa shape index (κ1) is 15.3. The number of fused-ring (bicyclic) bond motifs is 1. The van der Waals surface area contributed by atoms with Crippen LogP contribution in [0.1, 0.15) is 26.3 Å². The lowest BCUT2D eigenvalue weighted by molar-refractivity contribution is 0.0923. The van der Waals surface area contributed by atoms with Crippen molar-refractivity contribution < 1.29 is 14.0 Å². The highest BCUT2D eigenvalue weighted by Gasteiger charge is 2.39. The van der Waals surface area contributed by atoms with E-state index in [1.54, 1.807) is 50.4 Å². The number of amides is 2. The Labute approximate surface area is 143 Å². The van der Waals surface area contributed by atoms with Gasteiger partial charge >= 0.3 is 0 Å². The van der Waals surface area contributed by atoms with Crippen molar-refractivity contribution in [2.24, 2.45) is 7.05 Å². The van der Waals surface area contributed by atoms with Crippen LogP contribution in [0.3, 0.4) is 0 Å². The Hall–Kier alpha value is -3.28. The zero-order valence-corrected chi connectivity index (χ0v) is 13.7. The third kappa shape index (κ3) is 2.18. The molecule has 0 radical (unpaired) electrons. The number of carbonyl (C=O) groups is 2. The standard InChI is InChI=1S/C19H14FN3O2/c1-11-16(12-7-9-13(20)10-8-12)21-22(2)17(11)23-18(24)14-5-3-4-6-15(14)19(23)25/h3-10H,1-2H3. The second-order valence-corrected chi connectivity index (χ2v) is 5.92. The summed E-state index contributed by atoms with van der Waals surface area (Å²) in [7, 11) is 1.68. The second kappa shape index (κ2) is 5.37. The van der Waals surface area contributed by atoms with E-state index in [1.807, 2.05) is 0 Å². The van der Waals surface area contributed by atoms with Crippen molar-refractivity contribution in [2.45, 2.75) is 6.92 Å². The molecule has 4 rings (SSSR count). The number of halogens is 1. The van der Waals surface area contributed by atoms with Gasteiger partial charge in [0.25, 0.3) is 11.8 Å². The van der Waals surface area contributed by atoms with Crippen LogP contribution in [0, 0.1) is 12.7 Å². The van der Waals surface area contributed by atoms with E-state index < -0.39 is 0 Å². The third-order valence-electron chi connectivity index (χ3n) is 4.37. The average Bonchev–Trinajstić information content (AvgIpc) is 3.03. The number of carbonyl (C=O) groups excluding carboxylic acids is 2. The zero-order chi connectivity index (χ0) is 17.7. The predicted octanol–water partition coefficient (Wildman–Crippen LogP) is 3.34. The predicted molar refractivity (Wildman–Crippen MR) is 90.9 cm³/mol. The molecule has 0 fully saturated rings. The number of hydrogen-bond acceptors (Lipinski definition) is 3. The van der Waals surface area contributed by atoms with E-state index in [0.717, 1.165) is 10.5 Å². The van der Waals surface area contributed by atoms with Gasteiger partial charge in [0.2, 0.25) is 0 Å². The SMILES string of the molecule is Cc1c(-c2ccc(F)cc2)nn(C)c1N1C(=O)c2ccccc2C1=O. The van der Waals surface area contributed by atoms with Crippen LogP contribution in [0.25, 0.3) is 11.3 Å². The van der Waals surface area contributed by atoms with Crippen molar-refractivity contribution in [2.75, 3.05) is 4.90 Å². The molecular weight excluding hydrogens is 321 g/mol. The highest BCUT2D eigenvalue weighted by atomic mass is 19.1. The number of nitrogens with zero attached hydrogens (tertiary/aromatic N) is 3. The van der Waals surface area contributed by atoms with Gasteiger partial charge in [0, 0.05) is 18.2 Å². The van der Waals surface area contributed by atoms with Crippen molar-refractivity contribution in [1.82, 2.24) is 9.78 Å². The van der Waals surface area contributed by atoms with Gasteiger partial charge in [-0.3, -0.25) is 14.3 Å². The third-order valence-corrected chi connectivity index (χ3v) is 4.37. The minimum atomic E-state index is -0.364. The molecule has 5 nitrogen and oxygen atoms in total. The molecule has 0 atom stereocenters. The molecule has 124 valence electrons. The lowest BCUT2D eigenvalue weighted by atomic mass is 10.1. The van der Waals surface area contributed by atoms with E-state index in [-0.39, 0.29) is 17.6 Å². The summed E-state index contributed by atoms with van der Waals surface area (Å²) in [4.78, 5) is 26.6. The number of rotatable bonds is 2. The first-order chi connectivity index (χ1) is 12.0. The van der Waals surface area contributed by atoms with Crippen molar-refractivity contribution in [3.05, 3.63) is 71.0 Å². The van der Waals surface area contributed by atoms with E-state index in [2.05, 4.69) is 5.10 Å². The maximum Gasteiger partial charge on any atom is 0.267 e. The van der Waals surface area contributed by atoms with Crippen LogP contribution in [0.15, 0.2) is 48.5 Å². The molecule has 0 bridgehead atoms. The van der Waals surface area contributed by atoms with Crippen LogP contribution < -0.4 is 4.90 Å². The lowest BCUT2D eigenvalue weighted by Crippen LogP contribution is -2.31. The van der Waals surface area contributed by atoms with Gasteiger partial charge in [0.05, 0.1) is 16.8 Å². The van der Waals surface area contributed by atoms with Crippen molar-refractivity contribution in [1.29, 1.82) is 0 Å². The molecule has 2 aromatic carbocycles. The largest absolute Gasteiger partial charge is 0.268 e. The van der Waals surface area contributed by atoms with Gasteiger partial charge in [0.1, 0.15) is 11.6 Å². The Balaban J connectivity index is 1.84. The van der Waals surface area contributed by atoms with Gasteiger partial charge < -0.3 is 0 Å². The number of anilines is 1. The first-order valence-corrected chi connectivity index (χ1v) is 7.76. The maximum absolute atomic E-state index is 13.2. The summed E-state index contributed by atoms with van der Waals surface area (Å²) in [5.41, 5.74) is 2.78. The summed E-state index contributed by atoms with van der Waals surface area (Å²) >= 11 is 0. The smallest absolute Gasteiger partial charge is 0.267 e. The van der Waals surface area contributed by atoms with Crippen LogP contribution in [0.2, 0.25) is 0 Å². The van der Waals surface area contributed by atoms with E-state index in [4.69, 9.17) is 0 Å². The quantitative estimate of drug-likeness (QED) is 0.675. The fraction of sp³-hybridized carbons (Fsp3) is 0.105. The van der Waals surface area contributed by atoms with Crippen LogP contribution >= 0.6 is 0 Å². The van der Waals surface area contributed by atoms with Crippen molar-refractivity contribution in [3.8, 4) is 11.3 Å². The molecule has 1 aromatic heterocycles. The van der Waals surface area contributed by atoms with Gasteiger partial charge in [-0.15, -0.1) is 0 Å². The molecule has 25 heavy (non-hydrogen) atoms. The molecule has 0 aliphatic carbocycles. The molecule has 0 N–H and O–H groups in total. The van der Waals surface area contributed by atoms with Gasteiger partial charge in [-0.05, 0) is 43.3 Å². The van der Waals surface area contributed by atoms with E-state index in [0.29, 0.717) is 28.2 Å². The second-order valence-electron chi connectivity index (χ2n) is 5.92. The molecule has 0 saturated carbocycles. The van der Waals surface area contributed by atoms with E-state index >= 15 is 0 Å². The molecule has 1 aliphatic rings. The number of benzene rings is 2. The van der Waals surface area contributed by atoms with Crippen LogP contribution in [0.5, 0.6) is 0 Å². The summed E-state index contributed by atoms with van der Waals surface area (Å²) in [6, 6.07) is 12.7. The summed E-state index contributed by atoms with van der Waals surface area (Å²) in [6.07, 6.45) is 0. The Bertz CT molecular complexity index is 987. The zero-order valence-electron chi connectivity index (χ0n) is 13.7. The van der Waals surface area contributed by atoms with Crippen LogP contribution in [0.4, 0.5) is 10.2 Å². The fourth-order valence-corrected chi connectivity index (χ4v) is 3.20. The molecule has 2 heterocycles. The maximum atomic E-state index is 13.2. The highest BCUT2D eigenvalue weighted by molar-refractivity contribution is 6.34. The fourth-order valence-electron chi connectivity index (χ4n) is 3.20. The number of hydrogen-bond donors (Lipinski definition) is 0. The molecular formula is C19H14FN3O2. The Kier molecular flexibility index (Phi) is 3.28. The molecule has 1 aliphatic heterocycles. The Morgan fingerprint density at radius 2 is 1.48 bits per heavy atom. The molecule has 0 spiro atoms. The summed E-state index contributed by atoms with van der Waals surface area (Å²) in [5.74, 6) is -0.641. The first-order valence-electron chi connectivity index (χ1n) is 7.76. The number of aryl methyl sites for hydroxylation is 1.